The Labute approximate surface area is 204 Å². The van der Waals surface area contributed by atoms with Gasteiger partial charge in [0.25, 0.3) is 0 Å². The third-order valence-corrected chi connectivity index (χ3v) is 6.39. The minimum absolute atomic E-state index is 0.238. The molecule has 1 heterocycles. The largest absolute Gasteiger partial charge is 0.494 e. The quantitative estimate of drug-likeness (QED) is 0.359. The predicted molar refractivity (Wildman–Crippen MR) is 135 cm³/mol. The van der Waals surface area contributed by atoms with E-state index in [1.807, 2.05) is 45.2 Å². The summed E-state index contributed by atoms with van der Waals surface area (Å²) in [7, 11) is 2.01. The van der Waals surface area contributed by atoms with Crippen molar-refractivity contribution < 1.29 is 14.6 Å². The van der Waals surface area contributed by atoms with E-state index in [9.17, 15) is 5.11 Å². The minimum Gasteiger partial charge on any atom is -0.494 e. The zero-order valence-corrected chi connectivity index (χ0v) is 21.4. The van der Waals surface area contributed by atoms with Crippen LogP contribution < -0.4 is 9.47 Å². The summed E-state index contributed by atoms with van der Waals surface area (Å²) in [5, 5.41) is 15.2. The van der Waals surface area contributed by atoms with E-state index in [1.54, 1.807) is 0 Å². The monoisotopic (exact) mass is 549 g/mol. The maximum absolute atomic E-state index is 10.5. The van der Waals surface area contributed by atoms with E-state index < -0.39 is 6.10 Å². The molecule has 0 radical (unpaired) electrons. The van der Waals surface area contributed by atoms with Crippen molar-refractivity contribution in [3.8, 4) is 11.5 Å². The molecule has 0 aliphatic carbocycles. The van der Waals surface area contributed by atoms with Gasteiger partial charge in [-0.2, -0.15) is 5.10 Å². The molecule has 0 spiro atoms. The minimum atomic E-state index is -0.590. The smallest absolute Gasteiger partial charge is 0.119 e. The van der Waals surface area contributed by atoms with Crippen LogP contribution in [0.4, 0.5) is 0 Å². The van der Waals surface area contributed by atoms with E-state index >= 15 is 0 Å². The van der Waals surface area contributed by atoms with Crippen molar-refractivity contribution in [2.24, 2.45) is 0 Å². The molecule has 1 aromatic heterocycles. The van der Waals surface area contributed by atoms with Crippen LogP contribution in [-0.2, 0) is 13.1 Å². The highest BCUT2D eigenvalue weighted by molar-refractivity contribution is 14.1. The zero-order valence-electron chi connectivity index (χ0n) is 19.2. The maximum atomic E-state index is 10.5. The van der Waals surface area contributed by atoms with E-state index in [0.29, 0.717) is 13.2 Å². The Morgan fingerprint density at radius 3 is 2.38 bits per heavy atom. The van der Waals surface area contributed by atoms with Gasteiger partial charge in [0, 0.05) is 27.9 Å². The van der Waals surface area contributed by atoms with Crippen molar-refractivity contribution in [1.29, 1.82) is 0 Å². The van der Waals surface area contributed by atoms with Gasteiger partial charge in [0.1, 0.15) is 24.2 Å². The van der Waals surface area contributed by atoms with Crippen molar-refractivity contribution in [3.05, 3.63) is 74.6 Å². The predicted octanol–water partition coefficient (Wildman–Crippen LogP) is 4.42. The Balaban J connectivity index is 1.53. The number of benzene rings is 2. The summed E-state index contributed by atoms with van der Waals surface area (Å²) in [5.74, 6) is 1.53. The van der Waals surface area contributed by atoms with Gasteiger partial charge in [-0.1, -0.05) is 18.2 Å². The first-order chi connectivity index (χ1) is 15.4. The number of hydrogen-bond acceptors (Lipinski definition) is 5. The molecule has 1 atom stereocenters. The van der Waals surface area contributed by atoms with Crippen molar-refractivity contribution in [2.45, 2.75) is 40.0 Å². The van der Waals surface area contributed by atoms with E-state index in [-0.39, 0.29) is 6.61 Å². The van der Waals surface area contributed by atoms with Gasteiger partial charge in [0.2, 0.25) is 0 Å². The standard InChI is InChI=1S/C25H32IN3O3/c1-5-31-22-10-12-23(13-11-22)32-17-21(30)15-28(4)16-24-18(2)27-29(19(24)3)14-20-8-6-7-9-25(20)26/h6-13,21,30H,5,14-17H2,1-4H3. The molecule has 0 saturated carbocycles. The first-order valence-electron chi connectivity index (χ1n) is 10.9. The summed E-state index contributed by atoms with van der Waals surface area (Å²) in [6, 6.07) is 15.8. The Hall–Kier alpha value is -2.10. The highest BCUT2D eigenvalue weighted by Gasteiger charge is 2.16. The number of likely N-dealkylation sites (N-methyl/N-ethyl adjacent to an activating group) is 1. The molecule has 0 bridgehead atoms. The van der Waals surface area contributed by atoms with Gasteiger partial charge in [0.05, 0.1) is 18.8 Å². The van der Waals surface area contributed by atoms with Crippen molar-refractivity contribution in [3.63, 3.8) is 0 Å². The fraction of sp³-hybridized carbons (Fsp3) is 0.400. The molecule has 6 nitrogen and oxygen atoms in total. The first kappa shape index (κ1) is 24.5. The fourth-order valence-corrected chi connectivity index (χ4v) is 4.20. The number of halogens is 1. The number of hydrogen-bond donors (Lipinski definition) is 1. The van der Waals surface area contributed by atoms with Crippen LogP contribution >= 0.6 is 22.6 Å². The summed E-state index contributed by atoms with van der Waals surface area (Å²) < 4.78 is 14.5. The number of aromatic nitrogens is 2. The van der Waals surface area contributed by atoms with Crippen LogP contribution in [0, 0.1) is 17.4 Å². The molecule has 172 valence electrons. The third-order valence-electron chi connectivity index (χ3n) is 5.34. The second-order valence-electron chi connectivity index (χ2n) is 7.96. The summed E-state index contributed by atoms with van der Waals surface area (Å²) in [6.07, 6.45) is -0.590. The molecule has 0 fully saturated rings. The van der Waals surface area contributed by atoms with Gasteiger partial charge < -0.3 is 14.6 Å². The number of aliphatic hydroxyl groups excluding tert-OH is 1. The first-order valence-corrected chi connectivity index (χ1v) is 11.9. The molecule has 7 heteroatoms. The van der Waals surface area contributed by atoms with Crippen molar-refractivity contribution in [2.75, 3.05) is 26.8 Å². The number of rotatable bonds is 11. The lowest BCUT2D eigenvalue weighted by atomic mass is 10.1. The molecule has 0 amide bonds. The average Bonchev–Trinajstić information content (AvgIpc) is 3.02. The molecule has 1 unspecified atom stereocenters. The van der Waals surface area contributed by atoms with E-state index in [0.717, 1.165) is 36.0 Å². The summed E-state index contributed by atoms with van der Waals surface area (Å²) >= 11 is 2.37. The molecular weight excluding hydrogens is 517 g/mol. The van der Waals surface area contributed by atoms with Crippen LogP contribution in [0.25, 0.3) is 0 Å². The van der Waals surface area contributed by atoms with Gasteiger partial charge in [-0.05, 0) is 86.3 Å². The average molecular weight is 549 g/mol. The Bertz CT molecular complexity index is 1000. The molecule has 1 N–H and O–H groups in total. The second-order valence-corrected chi connectivity index (χ2v) is 9.13. The molecule has 2 aromatic carbocycles. The van der Waals surface area contributed by atoms with E-state index in [1.165, 1.54) is 14.7 Å². The number of aliphatic hydroxyl groups is 1. The Morgan fingerprint density at radius 1 is 1.06 bits per heavy atom. The Kier molecular flexibility index (Phi) is 8.95. The SMILES string of the molecule is CCOc1ccc(OCC(O)CN(C)Cc2c(C)nn(Cc3ccccc3I)c2C)cc1. The van der Waals surface area contributed by atoms with Crippen LogP contribution in [0.5, 0.6) is 11.5 Å². The summed E-state index contributed by atoms with van der Waals surface area (Å²) in [6.45, 7) is 8.99. The van der Waals surface area contributed by atoms with E-state index in [4.69, 9.17) is 14.6 Å². The zero-order chi connectivity index (χ0) is 23.1. The van der Waals surface area contributed by atoms with Crippen LogP contribution in [-0.4, -0.2) is 52.7 Å². The lowest BCUT2D eigenvalue weighted by Gasteiger charge is -2.21. The fourth-order valence-electron chi connectivity index (χ4n) is 3.64. The lowest BCUT2D eigenvalue weighted by Crippen LogP contribution is -2.33. The lowest BCUT2D eigenvalue weighted by molar-refractivity contribution is 0.0742. The van der Waals surface area contributed by atoms with Gasteiger partial charge in [-0.15, -0.1) is 0 Å². The molecular formula is C25H32IN3O3. The second kappa shape index (κ2) is 11.7. The normalized spacial score (nSPS) is 12.2. The van der Waals surface area contributed by atoms with Gasteiger partial charge >= 0.3 is 0 Å². The maximum Gasteiger partial charge on any atom is 0.119 e. The van der Waals surface area contributed by atoms with Crippen LogP contribution in [0.2, 0.25) is 0 Å². The van der Waals surface area contributed by atoms with Crippen molar-refractivity contribution in [1.82, 2.24) is 14.7 Å². The number of nitrogens with zero attached hydrogens (tertiary/aromatic N) is 3. The number of aryl methyl sites for hydroxylation is 1. The summed E-state index contributed by atoms with van der Waals surface area (Å²) in [4.78, 5) is 2.11. The topological polar surface area (TPSA) is 59.8 Å². The van der Waals surface area contributed by atoms with Crippen molar-refractivity contribution >= 4 is 22.6 Å². The molecule has 0 saturated heterocycles. The van der Waals surface area contributed by atoms with E-state index in [2.05, 4.69) is 63.4 Å². The van der Waals surface area contributed by atoms with Crippen LogP contribution in [0.1, 0.15) is 29.4 Å². The molecule has 3 aromatic rings. The van der Waals surface area contributed by atoms with Crippen LogP contribution in [0.15, 0.2) is 48.5 Å². The molecule has 3 rings (SSSR count). The van der Waals surface area contributed by atoms with Crippen LogP contribution in [0.3, 0.4) is 0 Å². The van der Waals surface area contributed by atoms with Gasteiger partial charge in [-0.25, -0.2) is 0 Å². The Morgan fingerprint density at radius 2 is 1.72 bits per heavy atom. The molecule has 32 heavy (non-hydrogen) atoms. The van der Waals surface area contributed by atoms with Gasteiger partial charge in [0.15, 0.2) is 0 Å². The third kappa shape index (κ3) is 6.70. The molecule has 0 aliphatic rings. The van der Waals surface area contributed by atoms with Gasteiger partial charge in [-0.3, -0.25) is 9.58 Å². The number of ether oxygens (including phenoxy) is 2. The highest BCUT2D eigenvalue weighted by atomic mass is 127. The molecule has 0 aliphatic heterocycles. The summed E-state index contributed by atoms with van der Waals surface area (Å²) in [5.41, 5.74) is 4.66. The highest BCUT2D eigenvalue weighted by Crippen LogP contribution is 2.20.